The van der Waals surface area contributed by atoms with Gasteiger partial charge in [-0.1, -0.05) is 43.3 Å². The maximum Gasteiger partial charge on any atom is 0.251 e. The minimum absolute atomic E-state index is 0.0356. The molecular weight excluding hydrogens is 312 g/mol. The third-order valence-electron chi connectivity index (χ3n) is 5.01. The second kappa shape index (κ2) is 7.81. The van der Waals surface area contributed by atoms with Crippen molar-refractivity contribution >= 4 is 5.91 Å². The van der Waals surface area contributed by atoms with Crippen LogP contribution in [-0.2, 0) is 4.74 Å². The van der Waals surface area contributed by atoms with E-state index < -0.39 is 0 Å². The third-order valence-corrected chi connectivity index (χ3v) is 5.01. The van der Waals surface area contributed by atoms with Gasteiger partial charge in [0.1, 0.15) is 0 Å². The number of carbonyl (C=O) groups is 1. The van der Waals surface area contributed by atoms with Gasteiger partial charge in [-0.05, 0) is 42.3 Å². The van der Waals surface area contributed by atoms with Gasteiger partial charge in [0.15, 0.2) is 0 Å². The number of nitrogens with zero attached hydrogens (tertiary/aromatic N) is 1. The Morgan fingerprint density at radius 1 is 1.16 bits per heavy atom. The molecule has 25 heavy (non-hydrogen) atoms. The van der Waals surface area contributed by atoms with Gasteiger partial charge in [-0.3, -0.25) is 9.69 Å². The van der Waals surface area contributed by atoms with Crippen molar-refractivity contribution in [1.82, 2.24) is 10.2 Å². The highest BCUT2D eigenvalue weighted by Crippen LogP contribution is 2.23. The zero-order chi connectivity index (χ0) is 17.8. The van der Waals surface area contributed by atoms with E-state index in [1.54, 1.807) is 7.11 Å². The van der Waals surface area contributed by atoms with Gasteiger partial charge in [0.05, 0.1) is 12.1 Å². The van der Waals surface area contributed by atoms with Crippen LogP contribution in [0.3, 0.4) is 0 Å². The van der Waals surface area contributed by atoms with E-state index in [4.69, 9.17) is 4.74 Å². The first kappa shape index (κ1) is 17.6. The van der Waals surface area contributed by atoms with Gasteiger partial charge in [0, 0.05) is 25.8 Å². The van der Waals surface area contributed by atoms with E-state index in [-0.39, 0.29) is 18.1 Å². The topological polar surface area (TPSA) is 41.6 Å². The number of aryl methyl sites for hydroxylation is 1. The molecule has 1 N–H and O–H groups in total. The summed E-state index contributed by atoms with van der Waals surface area (Å²) in [5.74, 6) is -0.0404. The second-order valence-corrected chi connectivity index (χ2v) is 6.60. The van der Waals surface area contributed by atoms with Crippen molar-refractivity contribution in [2.45, 2.75) is 26.0 Å². The Bertz CT molecular complexity index is 727. The second-order valence-electron chi connectivity index (χ2n) is 6.60. The van der Waals surface area contributed by atoms with Crippen molar-refractivity contribution in [3.8, 4) is 11.1 Å². The van der Waals surface area contributed by atoms with Gasteiger partial charge in [0.2, 0.25) is 0 Å². The number of likely N-dealkylation sites (tertiary alicyclic amines) is 1. The smallest absolute Gasteiger partial charge is 0.251 e. The zero-order valence-corrected chi connectivity index (χ0v) is 15.2. The number of ether oxygens (including phenoxy) is 1. The lowest BCUT2D eigenvalue weighted by atomic mass is 9.99. The molecule has 2 aromatic carbocycles. The molecule has 4 nitrogen and oxygen atoms in total. The van der Waals surface area contributed by atoms with Gasteiger partial charge in [-0.2, -0.15) is 0 Å². The highest BCUT2D eigenvalue weighted by atomic mass is 16.5. The van der Waals surface area contributed by atoms with E-state index in [2.05, 4.69) is 36.2 Å². The van der Waals surface area contributed by atoms with Crippen molar-refractivity contribution in [3.63, 3.8) is 0 Å². The van der Waals surface area contributed by atoms with Gasteiger partial charge in [-0.25, -0.2) is 0 Å². The summed E-state index contributed by atoms with van der Waals surface area (Å²) >= 11 is 0. The minimum Gasteiger partial charge on any atom is -0.378 e. The van der Waals surface area contributed by atoms with Crippen LogP contribution in [0, 0.1) is 6.92 Å². The quantitative estimate of drug-likeness (QED) is 0.911. The van der Waals surface area contributed by atoms with E-state index in [1.807, 2.05) is 36.4 Å². The van der Waals surface area contributed by atoms with Crippen molar-refractivity contribution in [3.05, 3.63) is 59.7 Å². The Labute approximate surface area is 149 Å². The van der Waals surface area contributed by atoms with Gasteiger partial charge in [-0.15, -0.1) is 0 Å². The Morgan fingerprint density at radius 3 is 2.52 bits per heavy atom. The van der Waals surface area contributed by atoms with Gasteiger partial charge < -0.3 is 10.1 Å². The number of benzene rings is 2. The third kappa shape index (κ3) is 3.91. The summed E-state index contributed by atoms with van der Waals surface area (Å²) in [4.78, 5) is 14.9. The fourth-order valence-corrected chi connectivity index (χ4v) is 3.44. The predicted molar refractivity (Wildman–Crippen MR) is 101 cm³/mol. The monoisotopic (exact) mass is 338 g/mol. The molecule has 132 valence electrons. The number of amides is 1. The van der Waals surface area contributed by atoms with Crippen LogP contribution < -0.4 is 5.32 Å². The minimum atomic E-state index is -0.0404. The van der Waals surface area contributed by atoms with Crippen molar-refractivity contribution in [1.29, 1.82) is 0 Å². The SMILES string of the molecule is CCN1C[C@@H](NC(=O)c2ccc(-c3ccccc3C)cc2)[C@H](OC)C1. The van der Waals surface area contributed by atoms with Gasteiger partial charge >= 0.3 is 0 Å². The summed E-state index contributed by atoms with van der Waals surface area (Å²) in [5.41, 5.74) is 4.24. The molecule has 0 unspecified atom stereocenters. The maximum absolute atomic E-state index is 12.6. The highest BCUT2D eigenvalue weighted by Gasteiger charge is 2.33. The first-order valence-corrected chi connectivity index (χ1v) is 8.84. The maximum atomic E-state index is 12.6. The van der Waals surface area contributed by atoms with E-state index in [9.17, 15) is 4.79 Å². The molecule has 0 aromatic heterocycles. The van der Waals surface area contributed by atoms with Crippen LogP contribution in [-0.4, -0.2) is 49.7 Å². The molecule has 1 heterocycles. The highest BCUT2D eigenvalue weighted by molar-refractivity contribution is 5.95. The van der Waals surface area contributed by atoms with Crippen LogP contribution in [0.4, 0.5) is 0 Å². The number of likely N-dealkylation sites (N-methyl/N-ethyl adjacent to an activating group) is 1. The fraction of sp³-hybridized carbons (Fsp3) is 0.381. The summed E-state index contributed by atoms with van der Waals surface area (Å²) in [6.07, 6.45) is 0.0511. The van der Waals surface area contributed by atoms with Crippen molar-refractivity contribution < 1.29 is 9.53 Å². The molecule has 1 fully saturated rings. The van der Waals surface area contributed by atoms with Crippen molar-refractivity contribution in [2.75, 3.05) is 26.7 Å². The molecular formula is C21H26N2O2. The summed E-state index contributed by atoms with van der Waals surface area (Å²) in [7, 11) is 1.71. The van der Waals surface area contributed by atoms with Crippen LogP contribution in [0.25, 0.3) is 11.1 Å². The summed E-state index contributed by atoms with van der Waals surface area (Å²) in [6, 6.07) is 16.1. The van der Waals surface area contributed by atoms with Crippen LogP contribution in [0.2, 0.25) is 0 Å². The van der Waals surface area contributed by atoms with Crippen LogP contribution in [0.5, 0.6) is 0 Å². The number of hydrogen-bond acceptors (Lipinski definition) is 3. The van der Waals surface area contributed by atoms with Crippen LogP contribution in [0.1, 0.15) is 22.8 Å². The molecule has 2 atom stereocenters. The molecule has 3 rings (SSSR count). The number of carbonyl (C=O) groups excluding carboxylic acids is 1. The molecule has 1 saturated heterocycles. The van der Waals surface area contributed by atoms with E-state index in [1.165, 1.54) is 11.1 Å². The molecule has 2 aromatic rings. The Kier molecular flexibility index (Phi) is 5.51. The zero-order valence-electron chi connectivity index (χ0n) is 15.2. The average molecular weight is 338 g/mol. The first-order valence-electron chi connectivity index (χ1n) is 8.84. The summed E-state index contributed by atoms with van der Waals surface area (Å²) < 4.78 is 5.53. The molecule has 1 aliphatic rings. The number of methoxy groups -OCH3 is 1. The molecule has 0 saturated carbocycles. The van der Waals surface area contributed by atoms with Crippen LogP contribution in [0.15, 0.2) is 48.5 Å². The van der Waals surface area contributed by atoms with Gasteiger partial charge in [0.25, 0.3) is 5.91 Å². The van der Waals surface area contributed by atoms with E-state index in [0.717, 1.165) is 25.2 Å². The Morgan fingerprint density at radius 2 is 1.88 bits per heavy atom. The standard InChI is InChI=1S/C21H26N2O2/c1-4-23-13-19(20(14-23)25-3)22-21(24)17-11-9-16(10-12-17)18-8-6-5-7-15(18)2/h5-12,19-20H,4,13-14H2,1-3H3,(H,22,24)/t19-,20-/m1/s1. The average Bonchev–Trinajstić information content (AvgIpc) is 3.04. The largest absolute Gasteiger partial charge is 0.378 e. The first-order chi connectivity index (χ1) is 12.1. The molecule has 1 amide bonds. The lowest BCUT2D eigenvalue weighted by Crippen LogP contribution is -2.43. The molecule has 1 aliphatic heterocycles. The van der Waals surface area contributed by atoms with Crippen LogP contribution >= 0.6 is 0 Å². The molecule has 0 spiro atoms. The lowest BCUT2D eigenvalue weighted by Gasteiger charge is -2.18. The summed E-state index contributed by atoms with van der Waals surface area (Å²) in [6.45, 7) is 6.89. The molecule has 0 radical (unpaired) electrons. The molecule has 4 heteroatoms. The predicted octanol–water partition coefficient (Wildman–Crippen LogP) is 3.11. The van der Waals surface area contributed by atoms with E-state index >= 15 is 0 Å². The Hall–Kier alpha value is -2.17. The number of rotatable bonds is 5. The van der Waals surface area contributed by atoms with E-state index in [0.29, 0.717) is 5.56 Å². The van der Waals surface area contributed by atoms with Crippen molar-refractivity contribution in [2.24, 2.45) is 0 Å². The fourth-order valence-electron chi connectivity index (χ4n) is 3.44. The molecule has 0 bridgehead atoms. The molecule has 0 aliphatic carbocycles. The number of hydrogen-bond donors (Lipinski definition) is 1. The lowest BCUT2D eigenvalue weighted by molar-refractivity contribution is 0.0762. The summed E-state index contributed by atoms with van der Waals surface area (Å²) in [5, 5.41) is 3.13. The number of nitrogens with one attached hydrogen (secondary N) is 1. The Balaban J connectivity index is 1.70. The normalized spacial score (nSPS) is 20.6.